The van der Waals surface area contributed by atoms with Crippen LogP contribution in [0.3, 0.4) is 0 Å². The second-order valence-electron chi connectivity index (χ2n) is 7.86. The van der Waals surface area contributed by atoms with Crippen LogP contribution in [0.25, 0.3) is 17.0 Å². The SMILES string of the molecule is CO/C(=C\C=C\c1cc2cc(Cl)c(Cl)cc2[nH]1)C(=O)NC1CC2CCC(C1)N2C. The van der Waals surface area contributed by atoms with Gasteiger partial charge >= 0.3 is 0 Å². The number of hydrogen-bond acceptors (Lipinski definition) is 3. The first-order valence-electron chi connectivity index (χ1n) is 9.87. The zero-order valence-electron chi connectivity index (χ0n) is 16.5. The third-order valence-electron chi connectivity index (χ3n) is 6.08. The van der Waals surface area contributed by atoms with Gasteiger partial charge in [0.25, 0.3) is 5.91 Å². The summed E-state index contributed by atoms with van der Waals surface area (Å²) in [7, 11) is 3.71. The van der Waals surface area contributed by atoms with Gasteiger partial charge in [-0.2, -0.15) is 0 Å². The number of H-pyrrole nitrogens is 1. The summed E-state index contributed by atoms with van der Waals surface area (Å²) in [6, 6.07) is 6.97. The topological polar surface area (TPSA) is 57.4 Å². The second-order valence-corrected chi connectivity index (χ2v) is 8.68. The van der Waals surface area contributed by atoms with Crippen molar-refractivity contribution in [2.75, 3.05) is 14.2 Å². The molecule has 29 heavy (non-hydrogen) atoms. The number of aromatic amines is 1. The van der Waals surface area contributed by atoms with E-state index in [1.807, 2.05) is 18.2 Å². The summed E-state index contributed by atoms with van der Waals surface area (Å²) in [5.74, 6) is 0.135. The zero-order valence-corrected chi connectivity index (χ0v) is 18.1. The molecule has 2 aliphatic heterocycles. The molecule has 2 aliphatic rings. The minimum atomic E-state index is -0.165. The smallest absolute Gasteiger partial charge is 0.286 e. The number of amides is 1. The molecule has 2 aromatic rings. The summed E-state index contributed by atoms with van der Waals surface area (Å²) in [4.78, 5) is 18.4. The summed E-state index contributed by atoms with van der Waals surface area (Å²) in [6.45, 7) is 0. The molecule has 1 aromatic heterocycles. The second kappa shape index (κ2) is 8.42. The number of halogens is 2. The Hall–Kier alpha value is -1.95. The number of methoxy groups -OCH3 is 1. The molecule has 154 valence electrons. The number of nitrogens with one attached hydrogen (secondary N) is 2. The lowest BCUT2D eigenvalue weighted by molar-refractivity contribution is -0.121. The number of allylic oxidation sites excluding steroid dienone is 2. The van der Waals surface area contributed by atoms with Gasteiger partial charge in [-0.15, -0.1) is 0 Å². The monoisotopic (exact) mass is 433 g/mol. The Morgan fingerprint density at radius 3 is 2.59 bits per heavy atom. The summed E-state index contributed by atoms with van der Waals surface area (Å²) in [6.07, 6.45) is 9.82. The van der Waals surface area contributed by atoms with Crippen LogP contribution in [0.1, 0.15) is 31.4 Å². The summed E-state index contributed by atoms with van der Waals surface area (Å²) in [5, 5.41) is 5.15. The molecular weight excluding hydrogens is 409 g/mol. The Labute approximate surface area is 180 Å². The Morgan fingerprint density at radius 1 is 1.21 bits per heavy atom. The molecular formula is C22H25Cl2N3O2. The number of carbonyl (C=O) groups excluding carboxylic acids is 1. The number of aromatic nitrogens is 1. The van der Waals surface area contributed by atoms with E-state index in [1.54, 1.807) is 18.2 Å². The molecule has 2 N–H and O–H groups in total. The molecule has 2 fully saturated rings. The van der Waals surface area contributed by atoms with E-state index in [2.05, 4.69) is 22.2 Å². The highest BCUT2D eigenvalue weighted by Crippen LogP contribution is 2.34. The maximum absolute atomic E-state index is 12.6. The molecule has 0 spiro atoms. The molecule has 1 amide bonds. The van der Waals surface area contributed by atoms with Crippen LogP contribution in [-0.4, -0.2) is 48.1 Å². The number of ether oxygens (including phenoxy) is 1. The van der Waals surface area contributed by atoms with Gasteiger partial charge in [0.2, 0.25) is 0 Å². The average molecular weight is 434 g/mol. The normalized spacial score (nSPS) is 25.1. The minimum Gasteiger partial charge on any atom is -0.491 e. The van der Waals surface area contributed by atoms with E-state index >= 15 is 0 Å². The number of carbonyl (C=O) groups is 1. The molecule has 0 aliphatic carbocycles. The van der Waals surface area contributed by atoms with E-state index in [0.29, 0.717) is 27.9 Å². The van der Waals surface area contributed by atoms with Gasteiger partial charge in [-0.1, -0.05) is 29.3 Å². The van der Waals surface area contributed by atoms with E-state index in [4.69, 9.17) is 27.9 Å². The van der Waals surface area contributed by atoms with Crippen molar-refractivity contribution in [3.05, 3.63) is 51.8 Å². The van der Waals surface area contributed by atoms with Crippen molar-refractivity contribution < 1.29 is 9.53 Å². The lowest BCUT2D eigenvalue weighted by Crippen LogP contribution is -2.49. The fourth-order valence-electron chi connectivity index (χ4n) is 4.50. The number of rotatable bonds is 5. The Morgan fingerprint density at radius 2 is 1.90 bits per heavy atom. The first-order valence-corrected chi connectivity index (χ1v) is 10.6. The number of nitrogens with zero attached hydrogens (tertiary/aromatic N) is 1. The highest BCUT2D eigenvalue weighted by atomic mass is 35.5. The van der Waals surface area contributed by atoms with Crippen molar-refractivity contribution in [1.82, 2.24) is 15.2 Å². The van der Waals surface area contributed by atoms with E-state index in [-0.39, 0.29) is 11.9 Å². The maximum atomic E-state index is 12.6. The molecule has 5 nitrogen and oxygen atoms in total. The van der Waals surface area contributed by atoms with E-state index in [9.17, 15) is 4.79 Å². The predicted octanol–water partition coefficient (Wildman–Crippen LogP) is 4.76. The quantitative estimate of drug-likeness (QED) is 0.405. The zero-order chi connectivity index (χ0) is 20.5. The minimum absolute atomic E-state index is 0.165. The van der Waals surface area contributed by atoms with Crippen LogP contribution in [0.2, 0.25) is 10.0 Å². The molecule has 3 heterocycles. The first-order chi connectivity index (χ1) is 13.9. The average Bonchev–Trinajstić information content (AvgIpc) is 3.14. The van der Waals surface area contributed by atoms with E-state index in [1.165, 1.54) is 20.0 Å². The molecule has 0 saturated carbocycles. The first kappa shape index (κ1) is 20.3. The Kier molecular flexibility index (Phi) is 5.91. The summed E-state index contributed by atoms with van der Waals surface area (Å²) in [5.41, 5.74) is 1.79. The highest BCUT2D eigenvalue weighted by Gasteiger charge is 2.39. The Bertz CT molecular complexity index is 929. The maximum Gasteiger partial charge on any atom is 0.286 e. The van der Waals surface area contributed by atoms with Gasteiger partial charge in [-0.25, -0.2) is 0 Å². The van der Waals surface area contributed by atoms with Crippen LogP contribution in [-0.2, 0) is 9.53 Å². The van der Waals surface area contributed by atoms with Crippen LogP contribution in [0.15, 0.2) is 36.1 Å². The molecule has 2 atom stereocenters. The van der Waals surface area contributed by atoms with Gasteiger partial charge in [0.05, 0.1) is 17.2 Å². The third kappa shape index (κ3) is 4.32. The molecule has 4 rings (SSSR count). The number of benzene rings is 1. The number of hydrogen-bond donors (Lipinski definition) is 2. The number of piperidine rings is 1. The molecule has 2 bridgehead atoms. The third-order valence-corrected chi connectivity index (χ3v) is 6.81. The predicted molar refractivity (Wildman–Crippen MR) is 118 cm³/mol. The van der Waals surface area contributed by atoms with Crippen molar-refractivity contribution >= 4 is 46.1 Å². The fraction of sp³-hybridized carbons (Fsp3) is 0.409. The van der Waals surface area contributed by atoms with Crippen LogP contribution in [0.4, 0.5) is 0 Å². The van der Waals surface area contributed by atoms with Crippen LogP contribution >= 0.6 is 23.2 Å². The van der Waals surface area contributed by atoms with Gasteiger partial charge in [-0.3, -0.25) is 4.79 Å². The van der Waals surface area contributed by atoms with E-state index < -0.39 is 0 Å². The molecule has 2 unspecified atom stereocenters. The van der Waals surface area contributed by atoms with Gasteiger partial charge in [0.15, 0.2) is 5.76 Å². The van der Waals surface area contributed by atoms with Crippen molar-refractivity contribution in [3.8, 4) is 0 Å². The molecule has 1 aromatic carbocycles. The van der Waals surface area contributed by atoms with Gasteiger partial charge in [0.1, 0.15) is 0 Å². The fourth-order valence-corrected chi connectivity index (χ4v) is 4.84. The van der Waals surface area contributed by atoms with Crippen LogP contribution in [0, 0.1) is 0 Å². The van der Waals surface area contributed by atoms with Crippen molar-refractivity contribution in [3.63, 3.8) is 0 Å². The lowest BCUT2D eigenvalue weighted by atomic mass is 9.98. The standard InChI is InChI=1S/C22H25Cl2N3O2/c1-27-16-6-7-17(27)11-15(10-16)26-22(28)21(29-2)5-3-4-14-8-13-9-18(23)19(24)12-20(13)25-14/h3-5,8-9,12,15-17,25H,6-7,10-11H2,1-2H3,(H,26,28)/b4-3+,21-5-. The largest absolute Gasteiger partial charge is 0.491 e. The molecule has 7 heteroatoms. The molecule has 2 saturated heterocycles. The summed E-state index contributed by atoms with van der Waals surface area (Å²) >= 11 is 12.1. The van der Waals surface area contributed by atoms with Crippen LogP contribution in [0.5, 0.6) is 0 Å². The van der Waals surface area contributed by atoms with Crippen molar-refractivity contribution in [1.29, 1.82) is 0 Å². The van der Waals surface area contributed by atoms with E-state index in [0.717, 1.165) is 29.4 Å². The van der Waals surface area contributed by atoms with Crippen LogP contribution < -0.4 is 5.32 Å². The van der Waals surface area contributed by atoms with Crippen molar-refractivity contribution in [2.24, 2.45) is 0 Å². The lowest BCUT2D eigenvalue weighted by Gasteiger charge is -2.36. The summed E-state index contributed by atoms with van der Waals surface area (Å²) < 4.78 is 5.31. The molecule has 0 radical (unpaired) electrons. The van der Waals surface area contributed by atoms with Crippen molar-refractivity contribution in [2.45, 2.75) is 43.8 Å². The van der Waals surface area contributed by atoms with Gasteiger partial charge in [0, 0.05) is 34.7 Å². The number of fused-ring (bicyclic) bond motifs is 3. The van der Waals surface area contributed by atoms with Gasteiger partial charge < -0.3 is 19.9 Å². The Balaban J connectivity index is 1.41. The highest BCUT2D eigenvalue weighted by molar-refractivity contribution is 6.42. The van der Waals surface area contributed by atoms with Gasteiger partial charge in [-0.05, 0) is 63.1 Å².